The van der Waals surface area contributed by atoms with E-state index in [1.54, 1.807) is 0 Å². The van der Waals surface area contributed by atoms with Crippen molar-refractivity contribution in [3.63, 3.8) is 0 Å². The number of nitrogens with zero attached hydrogens (tertiary/aromatic N) is 1. The minimum Gasteiger partial charge on any atom is -0.341 e. The topological polar surface area (TPSA) is 74.8 Å². The number of sulfonamides is 1. The molecular weight excluding hydrogens is 238 g/mol. The summed E-state index contributed by atoms with van der Waals surface area (Å²) in [6, 6.07) is 7.54. The summed E-state index contributed by atoms with van der Waals surface area (Å²) in [5, 5.41) is 0. The zero-order chi connectivity index (χ0) is 12.3. The monoisotopic (exact) mass is 251 g/mol. The van der Waals surface area contributed by atoms with Crippen LogP contribution in [-0.2, 0) is 16.6 Å². The Labute approximate surface area is 99.6 Å². The lowest BCUT2D eigenvalue weighted by atomic mass is 10.3. The van der Waals surface area contributed by atoms with Gasteiger partial charge in [0, 0.05) is 0 Å². The molecule has 0 bridgehead atoms. The van der Waals surface area contributed by atoms with E-state index in [2.05, 4.69) is 21.3 Å². The SMILES string of the molecule is C=CCS(=O)(=O)NCc1nc2ccccc2[nH]1. The smallest absolute Gasteiger partial charge is 0.215 e. The van der Waals surface area contributed by atoms with Gasteiger partial charge in [0.2, 0.25) is 10.0 Å². The molecule has 0 saturated heterocycles. The lowest BCUT2D eigenvalue weighted by molar-refractivity contribution is 0.583. The third-order valence-corrected chi connectivity index (χ3v) is 3.49. The number of para-hydroxylation sites is 2. The van der Waals surface area contributed by atoms with E-state index in [0.717, 1.165) is 11.0 Å². The zero-order valence-corrected chi connectivity index (χ0v) is 10.00. The highest BCUT2D eigenvalue weighted by Gasteiger charge is 2.09. The number of H-pyrrole nitrogens is 1. The molecule has 17 heavy (non-hydrogen) atoms. The molecule has 0 spiro atoms. The van der Waals surface area contributed by atoms with Crippen molar-refractivity contribution >= 4 is 21.1 Å². The molecule has 0 fully saturated rings. The van der Waals surface area contributed by atoms with Gasteiger partial charge in [-0.25, -0.2) is 18.1 Å². The van der Waals surface area contributed by atoms with Gasteiger partial charge in [-0.15, -0.1) is 6.58 Å². The largest absolute Gasteiger partial charge is 0.341 e. The molecule has 5 nitrogen and oxygen atoms in total. The van der Waals surface area contributed by atoms with Gasteiger partial charge in [0.25, 0.3) is 0 Å². The molecule has 1 heterocycles. The molecule has 0 unspecified atom stereocenters. The van der Waals surface area contributed by atoms with Crippen molar-refractivity contribution in [1.29, 1.82) is 0 Å². The predicted octanol–water partition coefficient (Wildman–Crippen LogP) is 1.17. The third-order valence-electron chi connectivity index (χ3n) is 2.24. The van der Waals surface area contributed by atoms with Crippen molar-refractivity contribution in [1.82, 2.24) is 14.7 Å². The molecule has 0 amide bonds. The summed E-state index contributed by atoms with van der Waals surface area (Å²) < 4.78 is 25.2. The quantitative estimate of drug-likeness (QED) is 0.783. The summed E-state index contributed by atoms with van der Waals surface area (Å²) in [6.07, 6.45) is 1.35. The van der Waals surface area contributed by atoms with Crippen molar-refractivity contribution in [2.45, 2.75) is 6.54 Å². The summed E-state index contributed by atoms with van der Waals surface area (Å²) >= 11 is 0. The molecule has 0 atom stereocenters. The van der Waals surface area contributed by atoms with E-state index in [-0.39, 0.29) is 12.3 Å². The van der Waals surface area contributed by atoms with Gasteiger partial charge < -0.3 is 4.98 Å². The van der Waals surface area contributed by atoms with Gasteiger partial charge in [0.15, 0.2) is 0 Å². The average Bonchev–Trinajstić information content (AvgIpc) is 2.69. The number of imidazole rings is 1. The summed E-state index contributed by atoms with van der Waals surface area (Å²) in [7, 11) is -3.30. The Morgan fingerprint density at radius 3 is 2.88 bits per heavy atom. The Balaban J connectivity index is 2.12. The number of fused-ring (bicyclic) bond motifs is 1. The number of nitrogens with one attached hydrogen (secondary N) is 2. The fourth-order valence-electron chi connectivity index (χ4n) is 1.48. The molecular formula is C11H13N3O2S. The molecule has 1 aromatic heterocycles. The van der Waals surface area contributed by atoms with Crippen LogP contribution in [0.25, 0.3) is 11.0 Å². The fraction of sp³-hybridized carbons (Fsp3) is 0.182. The molecule has 0 aliphatic carbocycles. The van der Waals surface area contributed by atoms with Crippen molar-refractivity contribution < 1.29 is 8.42 Å². The molecule has 1 aromatic carbocycles. The van der Waals surface area contributed by atoms with Crippen LogP contribution in [0.15, 0.2) is 36.9 Å². The number of hydrogen-bond acceptors (Lipinski definition) is 3. The molecule has 90 valence electrons. The number of aromatic amines is 1. The summed E-state index contributed by atoms with van der Waals surface area (Å²) in [5.74, 6) is 0.506. The van der Waals surface area contributed by atoms with Crippen LogP contribution < -0.4 is 4.72 Å². The number of rotatable bonds is 5. The van der Waals surface area contributed by atoms with Crippen LogP contribution in [0.2, 0.25) is 0 Å². The first-order chi connectivity index (χ1) is 8.11. The van der Waals surface area contributed by atoms with Crippen LogP contribution >= 0.6 is 0 Å². The van der Waals surface area contributed by atoms with E-state index < -0.39 is 10.0 Å². The lowest BCUT2D eigenvalue weighted by Crippen LogP contribution is -2.25. The molecule has 0 saturated carbocycles. The first kappa shape index (κ1) is 11.8. The van der Waals surface area contributed by atoms with Gasteiger partial charge in [-0.2, -0.15) is 0 Å². The molecule has 0 aliphatic rings. The van der Waals surface area contributed by atoms with E-state index in [0.29, 0.717) is 5.82 Å². The van der Waals surface area contributed by atoms with E-state index in [4.69, 9.17) is 0 Å². The lowest BCUT2D eigenvalue weighted by Gasteiger charge is -2.01. The van der Waals surface area contributed by atoms with Crippen LogP contribution in [0.3, 0.4) is 0 Å². The second-order valence-corrected chi connectivity index (χ2v) is 5.44. The third kappa shape index (κ3) is 2.92. The van der Waals surface area contributed by atoms with Gasteiger partial charge in [0.1, 0.15) is 5.82 Å². The molecule has 6 heteroatoms. The van der Waals surface area contributed by atoms with Gasteiger partial charge in [-0.3, -0.25) is 0 Å². The van der Waals surface area contributed by atoms with Gasteiger partial charge in [-0.05, 0) is 12.1 Å². The van der Waals surface area contributed by atoms with Crippen molar-refractivity contribution in [2.75, 3.05) is 5.75 Å². The number of aromatic nitrogens is 2. The zero-order valence-electron chi connectivity index (χ0n) is 9.18. The Hall–Kier alpha value is -1.66. The minimum atomic E-state index is -3.30. The van der Waals surface area contributed by atoms with Gasteiger partial charge in [0.05, 0.1) is 23.3 Å². The standard InChI is InChI=1S/C11H13N3O2S/c1-2-7-17(15,16)12-8-11-13-9-5-3-4-6-10(9)14-11/h2-6,12H,1,7-8H2,(H,13,14). The fourth-order valence-corrected chi connectivity index (χ4v) is 2.27. The summed E-state index contributed by atoms with van der Waals surface area (Å²) in [5.41, 5.74) is 1.72. The maximum atomic E-state index is 11.4. The van der Waals surface area contributed by atoms with Crippen LogP contribution in [-0.4, -0.2) is 24.1 Å². The first-order valence-electron chi connectivity index (χ1n) is 5.12. The van der Waals surface area contributed by atoms with E-state index >= 15 is 0 Å². The Kier molecular flexibility index (Phi) is 3.26. The molecule has 2 rings (SSSR count). The second kappa shape index (κ2) is 4.68. The van der Waals surface area contributed by atoms with Crippen LogP contribution in [0.5, 0.6) is 0 Å². The maximum absolute atomic E-state index is 11.4. The van der Waals surface area contributed by atoms with Gasteiger partial charge >= 0.3 is 0 Å². The van der Waals surface area contributed by atoms with Crippen LogP contribution in [0, 0.1) is 0 Å². The second-order valence-electron chi connectivity index (χ2n) is 3.59. The Bertz CT molecular complexity index is 598. The normalized spacial score (nSPS) is 11.8. The van der Waals surface area contributed by atoms with E-state index in [1.165, 1.54) is 6.08 Å². The van der Waals surface area contributed by atoms with E-state index in [1.807, 2.05) is 24.3 Å². The van der Waals surface area contributed by atoms with Crippen molar-refractivity contribution in [2.24, 2.45) is 0 Å². The Morgan fingerprint density at radius 2 is 2.18 bits per heavy atom. The minimum absolute atomic E-state index is 0.0901. The first-order valence-corrected chi connectivity index (χ1v) is 6.78. The molecule has 2 N–H and O–H groups in total. The van der Waals surface area contributed by atoms with Crippen molar-refractivity contribution in [3.05, 3.63) is 42.7 Å². The molecule has 0 radical (unpaired) electrons. The van der Waals surface area contributed by atoms with Crippen LogP contribution in [0.1, 0.15) is 5.82 Å². The number of benzene rings is 1. The predicted molar refractivity (Wildman–Crippen MR) is 66.9 cm³/mol. The number of hydrogen-bond donors (Lipinski definition) is 2. The summed E-state index contributed by atoms with van der Waals surface area (Å²) in [6.45, 7) is 3.55. The average molecular weight is 251 g/mol. The maximum Gasteiger partial charge on any atom is 0.215 e. The highest BCUT2D eigenvalue weighted by Crippen LogP contribution is 2.10. The highest BCUT2D eigenvalue weighted by molar-refractivity contribution is 7.89. The highest BCUT2D eigenvalue weighted by atomic mass is 32.2. The van der Waals surface area contributed by atoms with Gasteiger partial charge in [-0.1, -0.05) is 18.2 Å². The molecule has 0 aliphatic heterocycles. The van der Waals surface area contributed by atoms with Crippen LogP contribution in [0.4, 0.5) is 0 Å². The Morgan fingerprint density at radius 1 is 1.41 bits per heavy atom. The molecule has 2 aromatic rings. The summed E-state index contributed by atoms with van der Waals surface area (Å²) in [4.78, 5) is 7.31. The van der Waals surface area contributed by atoms with Crippen molar-refractivity contribution in [3.8, 4) is 0 Å². The van der Waals surface area contributed by atoms with E-state index in [9.17, 15) is 8.42 Å².